The number of aromatic nitrogens is 1. The first-order valence-electron chi connectivity index (χ1n) is 8.45. The highest BCUT2D eigenvalue weighted by Gasteiger charge is 2.23. The number of nitrogens with one attached hydrogen (secondary N) is 1. The fourth-order valence-electron chi connectivity index (χ4n) is 2.99. The van der Waals surface area contributed by atoms with Crippen LogP contribution in [0.1, 0.15) is 11.1 Å². The number of hydrogen-bond donors (Lipinski definition) is 1. The van der Waals surface area contributed by atoms with E-state index in [2.05, 4.69) is 10.3 Å². The van der Waals surface area contributed by atoms with Gasteiger partial charge in [-0.15, -0.1) is 0 Å². The summed E-state index contributed by atoms with van der Waals surface area (Å²) in [6.07, 6.45) is 2.68. The van der Waals surface area contributed by atoms with Crippen LogP contribution in [0.25, 0.3) is 10.9 Å². The first-order chi connectivity index (χ1) is 12.8. The number of anilines is 2. The third kappa shape index (κ3) is 4.09. The highest BCUT2D eigenvalue weighted by Crippen LogP contribution is 2.27. The zero-order valence-corrected chi connectivity index (χ0v) is 16.2. The number of para-hydroxylation sites is 2. The number of benzene rings is 2. The monoisotopic (exact) mass is 383 g/mol. The number of carbonyl (C=O) groups excluding carboxylic acids is 1. The Labute approximate surface area is 158 Å². The van der Waals surface area contributed by atoms with Gasteiger partial charge in [-0.1, -0.05) is 36.4 Å². The molecule has 0 radical (unpaired) electrons. The molecular weight excluding hydrogens is 362 g/mol. The quantitative estimate of drug-likeness (QED) is 0.733. The number of sulfonamides is 1. The number of amides is 1. The number of hydrogen-bond acceptors (Lipinski definition) is 4. The Hall–Kier alpha value is -2.93. The average Bonchev–Trinajstić information content (AvgIpc) is 2.62. The molecule has 0 saturated carbocycles. The first kappa shape index (κ1) is 18.8. The summed E-state index contributed by atoms with van der Waals surface area (Å²) in [7, 11) is -3.68. The molecule has 0 saturated heterocycles. The smallest absolute Gasteiger partial charge is 0.245 e. The van der Waals surface area contributed by atoms with E-state index >= 15 is 0 Å². The fourth-order valence-corrected chi connectivity index (χ4v) is 3.85. The Morgan fingerprint density at radius 2 is 1.67 bits per heavy atom. The van der Waals surface area contributed by atoms with Gasteiger partial charge in [0.25, 0.3) is 0 Å². The second-order valence-corrected chi connectivity index (χ2v) is 8.34. The molecule has 1 N–H and O–H groups in total. The second-order valence-electron chi connectivity index (χ2n) is 6.44. The van der Waals surface area contributed by atoms with Crippen molar-refractivity contribution in [2.75, 3.05) is 22.4 Å². The molecule has 2 aromatic carbocycles. The van der Waals surface area contributed by atoms with E-state index in [0.717, 1.165) is 27.1 Å². The van der Waals surface area contributed by atoms with Gasteiger partial charge in [0.05, 0.1) is 17.5 Å². The van der Waals surface area contributed by atoms with Gasteiger partial charge in [-0.05, 0) is 37.1 Å². The van der Waals surface area contributed by atoms with Gasteiger partial charge in [0.1, 0.15) is 6.54 Å². The molecule has 3 aromatic rings. The Bertz CT molecular complexity index is 1080. The van der Waals surface area contributed by atoms with Gasteiger partial charge < -0.3 is 5.32 Å². The summed E-state index contributed by atoms with van der Waals surface area (Å²) in [6.45, 7) is 3.46. The van der Waals surface area contributed by atoms with Crippen molar-refractivity contribution in [1.29, 1.82) is 0 Å². The Balaban J connectivity index is 1.96. The summed E-state index contributed by atoms with van der Waals surface area (Å²) >= 11 is 0. The Kier molecular flexibility index (Phi) is 5.14. The van der Waals surface area contributed by atoms with Gasteiger partial charge in [-0.2, -0.15) is 0 Å². The van der Waals surface area contributed by atoms with E-state index in [9.17, 15) is 13.2 Å². The van der Waals surface area contributed by atoms with Crippen LogP contribution in [0.5, 0.6) is 0 Å². The third-order valence-corrected chi connectivity index (χ3v) is 5.44. The molecule has 0 aliphatic carbocycles. The summed E-state index contributed by atoms with van der Waals surface area (Å²) in [4.78, 5) is 16.9. The van der Waals surface area contributed by atoms with E-state index in [1.54, 1.807) is 24.4 Å². The van der Waals surface area contributed by atoms with Crippen molar-refractivity contribution < 1.29 is 13.2 Å². The molecular formula is C20H21N3O3S. The minimum atomic E-state index is -3.68. The SMILES string of the molecule is Cc1cccc(C)c1NC(=O)CN(c1cccc2cccnc12)S(C)(=O)=O. The maximum Gasteiger partial charge on any atom is 0.245 e. The number of fused-ring (bicyclic) bond motifs is 1. The molecule has 27 heavy (non-hydrogen) atoms. The van der Waals surface area contributed by atoms with Crippen molar-refractivity contribution in [2.24, 2.45) is 0 Å². The van der Waals surface area contributed by atoms with Gasteiger partial charge in [0.15, 0.2) is 0 Å². The Morgan fingerprint density at radius 1 is 1.04 bits per heavy atom. The molecule has 0 aliphatic heterocycles. The van der Waals surface area contributed by atoms with E-state index in [4.69, 9.17) is 0 Å². The van der Waals surface area contributed by atoms with Gasteiger partial charge in [0, 0.05) is 17.3 Å². The molecule has 140 valence electrons. The molecule has 0 spiro atoms. The van der Waals surface area contributed by atoms with Gasteiger partial charge in [-0.3, -0.25) is 14.1 Å². The predicted octanol–water partition coefficient (Wildman–Crippen LogP) is 3.26. The summed E-state index contributed by atoms with van der Waals surface area (Å²) in [6, 6.07) is 14.6. The molecule has 0 atom stereocenters. The van der Waals surface area contributed by atoms with Crippen molar-refractivity contribution >= 4 is 38.2 Å². The van der Waals surface area contributed by atoms with Gasteiger partial charge in [0.2, 0.25) is 15.9 Å². The van der Waals surface area contributed by atoms with E-state index in [0.29, 0.717) is 16.9 Å². The lowest BCUT2D eigenvalue weighted by molar-refractivity contribution is -0.114. The molecule has 0 fully saturated rings. The largest absolute Gasteiger partial charge is 0.324 e. The van der Waals surface area contributed by atoms with Crippen LogP contribution >= 0.6 is 0 Å². The number of pyridine rings is 1. The molecule has 7 heteroatoms. The van der Waals surface area contributed by atoms with Crippen LogP contribution in [-0.4, -0.2) is 32.1 Å². The maximum atomic E-state index is 12.6. The summed E-state index contributed by atoms with van der Waals surface area (Å²) in [5.74, 6) is -0.411. The summed E-state index contributed by atoms with van der Waals surface area (Å²) < 4.78 is 25.9. The first-order valence-corrected chi connectivity index (χ1v) is 10.3. The minimum Gasteiger partial charge on any atom is -0.324 e. The van der Waals surface area contributed by atoms with E-state index in [-0.39, 0.29) is 6.54 Å². The molecule has 1 heterocycles. The van der Waals surface area contributed by atoms with Crippen molar-refractivity contribution in [3.8, 4) is 0 Å². The third-order valence-electron chi connectivity index (χ3n) is 4.31. The molecule has 1 amide bonds. The molecule has 0 bridgehead atoms. The Morgan fingerprint density at radius 3 is 2.33 bits per heavy atom. The van der Waals surface area contributed by atoms with Crippen molar-refractivity contribution in [3.63, 3.8) is 0 Å². The standard InChI is InChI=1S/C20H21N3O3S/c1-14-7-4-8-15(2)19(14)22-18(24)13-23(27(3,25)26)17-11-5-9-16-10-6-12-21-20(16)17/h4-12H,13H2,1-3H3,(H,22,24). The van der Waals surface area contributed by atoms with Crippen molar-refractivity contribution in [3.05, 3.63) is 65.9 Å². The lowest BCUT2D eigenvalue weighted by Crippen LogP contribution is -2.37. The number of nitrogens with zero attached hydrogens (tertiary/aromatic N) is 2. The predicted molar refractivity (Wildman–Crippen MR) is 108 cm³/mol. The molecule has 0 unspecified atom stereocenters. The van der Waals surface area contributed by atoms with Crippen LogP contribution in [0.2, 0.25) is 0 Å². The van der Waals surface area contributed by atoms with E-state index in [1.165, 1.54) is 0 Å². The number of carbonyl (C=O) groups is 1. The molecule has 0 aliphatic rings. The minimum absolute atomic E-state index is 0.331. The molecule has 1 aromatic heterocycles. The number of aryl methyl sites for hydroxylation is 2. The van der Waals surface area contributed by atoms with Crippen LogP contribution < -0.4 is 9.62 Å². The van der Waals surface area contributed by atoms with Crippen LogP contribution in [0.15, 0.2) is 54.7 Å². The van der Waals surface area contributed by atoms with Crippen LogP contribution in [-0.2, 0) is 14.8 Å². The summed E-state index contributed by atoms with van der Waals surface area (Å²) in [5, 5.41) is 3.64. The van der Waals surface area contributed by atoms with E-state index in [1.807, 2.05) is 44.2 Å². The van der Waals surface area contributed by atoms with Crippen molar-refractivity contribution in [1.82, 2.24) is 4.98 Å². The second kappa shape index (κ2) is 7.36. The zero-order valence-electron chi connectivity index (χ0n) is 15.4. The zero-order chi connectivity index (χ0) is 19.6. The molecule has 6 nitrogen and oxygen atoms in total. The lowest BCUT2D eigenvalue weighted by atomic mass is 10.1. The van der Waals surface area contributed by atoms with Gasteiger partial charge >= 0.3 is 0 Å². The maximum absolute atomic E-state index is 12.6. The molecule has 3 rings (SSSR count). The van der Waals surface area contributed by atoms with Crippen molar-refractivity contribution in [2.45, 2.75) is 13.8 Å². The van der Waals surface area contributed by atoms with E-state index < -0.39 is 15.9 Å². The lowest BCUT2D eigenvalue weighted by Gasteiger charge is -2.23. The van der Waals surface area contributed by atoms with Gasteiger partial charge in [-0.25, -0.2) is 8.42 Å². The topological polar surface area (TPSA) is 79.4 Å². The highest BCUT2D eigenvalue weighted by molar-refractivity contribution is 7.92. The normalized spacial score (nSPS) is 11.4. The number of rotatable bonds is 5. The summed E-state index contributed by atoms with van der Waals surface area (Å²) in [5.41, 5.74) is 3.45. The highest BCUT2D eigenvalue weighted by atomic mass is 32.2. The van der Waals surface area contributed by atoms with Crippen LogP contribution in [0.3, 0.4) is 0 Å². The average molecular weight is 383 g/mol. The fraction of sp³-hybridized carbons (Fsp3) is 0.200. The van der Waals surface area contributed by atoms with Crippen LogP contribution in [0.4, 0.5) is 11.4 Å². The van der Waals surface area contributed by atoms with Crippen LogP contribution in [0, 0.1) is 13.8 Å².